The van der Waals surface area contributed by atoms with Crippen molar-refractivity contribution in [3.63, 3.8) is 0 Å². The van der Waals surface area contributed by atoms with E-state index in [9.17, 15) is 18.5 Å². The van der Waals surface area contributed by atoms with E-state index in [1.807, 2.05) is 4.90 Å². The van der Waals surface area contributed by atoms with Crippen LogP contribution in [0.3, 0.4) is 0 Å². The lowest BCUT2D eigenvalue weighted by molar-refractivity contribution is -0.387. The Balaban J connectivity index is 1.49. The van der Waals surface area contributed by atoms with Gasteiger partial charge in [-0.1, -0.05) is 12.1 Å². The fraction of sp³-hybridized carbons (Fsp3) is 0.467. The van der Waals surface area contributed by atoms with Gasteiger partial charge in [-0.05, 0) is 18.9 Å². The predicted molar refractivity (Wildman–Crippen MR) is 96.0 cm³/mol. The summed E-state index contributed by atoms with van der Waals surface area (Å²) in [7, 11) is -3.91. The van der Waals surface area contributed by atoms with Crippen LogP contribution in [0.4, 0.5) is 10.8 Å². The standard InChI is InChI=1S/C15H17N5O4S2/c21-20(22)12-3-1-2-4-13(12)26(23,24)19-9-7-18(8-10-19)15-16-14(17-25-15)11-5-6-11/h1-4,11H,5-10H2. The smallest absolute Gasteiger partial charge is 0.289 e. The molecule has 11 heteroatoms. The van der Waals surface area contributed by atoms with Gasteiger partial charge in [-0.25, -0.2) is 13.4 Å². The maximum atomic E-state index is 12.8. The van der Waals surface area contributed by atoms with Crippen LogP contribution >= 0.6 is 11.5 Å². The number of nitrogens with zero attached hydrogens (tertiary/aromatic N) is 5. The highest BCUT2D eigenvalue weighted by Gasteiger charge is 2.34. The van der Waals surface area contributed by atoms with Crippen molar-refractivity contribution in [2.75, 3.05) is 31.1 Å². The minimum Gasteiger partial charge on any atom is -0.344 e. The largest absolute Gasteiger partial charge is 0.344 e. The van der Waals surface area contributed by atoms with E-state index >= 15 is 0 Å². The molecular formula is C15H17N5O4S2. The van der Waals surface area contributed by atoms with Crippen LogP contribution in [0.15, 0.2) is 29.2 Å². The van der Waals surface area contributed by atoms with Gasteiger partial charge < -0.3 is 4.90 Å². The quantitative estimate of drug-likeness (QED) is 0.561. The van der Waals surface area contributed by atoms with Gasteiger partial charge in [0.25, 0.3) is 5.69 Å². The van der Waals surface area contributed by atoms with E-state index in [2.05, 4.69) is 9.36 Å². The molecule has 2 fully saturated rings. The van der Waals surface area contributed by atoms with Crippen LogP contribution < -0.4 is 4.90 Å². The van der Waals surface area contributed by atoms with Gasteiger partial charge >= 0.3 is 0 Å². The molecule has 1 aromatic heterocycles. The molecule has 2 heterocycles. The number of benzene rings is 1. The summed E-state index contributed by atoms with van der Waals surface area (Å²) in [5.74, 6) is 1.38. The molecule has 0 atom stereocenters. The molecule has 1 aliphatic heterocycles. The highest BCUT2D eigenvalue weighted by Crippen LogP contribution is 2.39. The maximum absolute atomic E-state index is 12.8. The van der Waals surface area contributed by atoms with E-state index in [1.165, 1.54) is 40.1 Å². The molecule has 1 saturated carbocycles. The summed E-state index contributed by atoms with van der Waals surface area (Å²) in [4.78, 5) is 16.8. The Morgan fingerprint density at radius 2 is 1.85 bits per heavy atom. The maximum Gasteiger partial charge on any atom is 0.289 e. The number of nitro groups is 1. The first kappa shape index (κ1) is 17.3. The molecule has 2 aliphatic rings. The monoisotopic (exact) mass is 395 g/mol. The normalized spacial score (nSPS) is 18.8. The van der Waals surface area contributed by atoms with Crippen LogP contribution in [0.2, 0.25) is 0 Å². The Bertz CT molecular complexity index is 933. The summed E-state index contributed by atoms with van der Waals surface area (Å²) in [5.41, 5.74) is -0.395. The zero-order valence-electron chi connectivity index (χ0n) is 13.8. The van der Waals surface area contributed by atoms with Gasteiger partial charge in [-0.3, -0.25) is 10.1 Å². The number of piperazine rings is 1. The van der Waals surface area contributed by atoms with Gasteiger partial charge in [-0.2, -0.15) is 8.68 Å². The minimum absolute atomic E-state index is 0.257. The summed E-state index contributed by atoms with van der Waals surface area (Å²) in [5, 5.41) is 12.0. The van der Waals surface area contributed by atoms with Gasteiger partial charge in [0.15, 0.2) is 4.90 Å². The Labute approximate surface area is 154 Å². The molecule has 0 bridgehead atoms. The Hall–Kier alpha value is -2.11. The van der Waals surface area contributed by atoms with Crippen LogP contribution in [0.25, 0.3) is 0 Å². The van der Waals surface area contributed by atoms with Gasteiger partial charge in [0, 0.05) is 49.7 Å². The van der Waals surface area contributed by atoms with Crippen molar-refractivity contribution >= 4 is 32.4 Å². The summed E-state index contributed by atoms with van der Waals surface area (Å²) in [6.07, 6.45) is 2.27. The number of nitro benzene ring substituents is 1. The fourth-order valence-electron chi connectivity index (χ4n) is 2.95. The number of aromatic nitrogens is 2. The number of sulfonamides is 1. The summed E-state index contributed by atoms with van der Waals surface area (Å²) in [6, 6.07) is 5.45. The molecular weight excluding hydrogens is 378 g/mol. The number of hydrogen-bond acceptors (Lipinski definition) is 8. The van der Waals surface area contributed by atoms with E-state index in [0.29, 0.717) is 19.0 Å². The second-order valence-corrected chi connectivity index (χ2v) is 8.96. The summed E-state index contributed by atoms with van der Waals surface area (Å²) in [6.45, 7) is 1.48. The molecule has 4 rings (SSSR count). The van der Waals surface area contributed by atoms with E-state index < -0.39 is 20.6 Å². The molecule has 9 nitrogen and oxygen atoms in total. The molecule has 0 unspecified atom stereocenters. The van der Waals surface area contributed by atoms with Crippen molar-refractivity contribution in [2.24, 2.45) is 0 Å². The predicted octanol–water partition coefficient (Wildman–Crippen LogP) is 1.83. The van der Waals surface area contributed by atoms with Crippen LogP contribution in [0, 0.1) is 10.1 Å². The van der Waals surface area contributed by atoms with Crippen LogP contribution in [-0.4, -0.2) is 53.2 Å². The highest BCUT2D eigenvalue weighted by molar-refractivity contribution is 7.89. The van der Waals surface area contributed by atoms with E-state index in [4.69, 9.17) is 0 Å². The van der Waals surface area contributed by atoms with Gasteiger partial charge in [-0.15, -0.1) is 0 Å². The number of para-hydroxylation sites is 1. The van der Waals surface area contributed by atoms with E-state index in [1.54, 1.807) is 0 Å². The van der Waals surface area contributed by atoms with Crippen molar-refractivity contribution < 1.29 is 13.3 Å². The molecule has 0 radical (unpaired) electrons. The Kier molecular flexibility index (Phi) is 4.37. The van der Waals surface area contributed by atoms with Crippen LogP contribution in [0.5, 0.6) is 0 Å². The van der Waals surface area contributed by atoms with Crippen molar-refractivity contribution in [3.05, 3.63) is 40.2 Å². The zero-order chi connectivity index (χ0) is 18.3. The first-order chi connectivity index (χ1) is 12.5. The third-order valence-corrected chi connectivity index (χ3v) is 7.30. The lowest BCUT2D eigenvalue weighted by Crippen LogP contribution is -2.48. The first-order valence-electron chi connectivity index (χ1n) is 8.29. The Morgan fingerprint density at radius 3 is 2.50 bits per heavy atom. The molecule has 0 spiro atoms. The lowest BCUT2D eigenvalue weighted by Gasteiger charge is -2.33. The first-order valence-corrected chi connectivity index (χ1v) is 10.5. The fourth-order valence-corrected chi connectivity index (χ4v) is 5.32. The van der Waals surface area contributed by atoms with Gasteiger partial charge in [0.05, 0.1) is 4.92 Å². The van der Waals surface area contributed by atoms with Crippen molar-refractivity contribution in [3.8, 4) is 0 Å². The third kappa shape index (κ3) is 3.17. The molecule has 0 N–H and O–H groups in total. The zero-order valence-corrected chi connectivity index (χ0v) is 15.4. The molecule has 26 heavy (non-hydrogen) atoms. The third-order valence-electron chi connectivity index (χ3n) is 4.56. The molecule has 138 valence electrons. The molecule has 2 aromatic rings. The lowest BCUT2D eigenvalue weighted by atomic mass is 10.3. The van der Waals surface area contributed by atoms with Crippen molar-refractivity contribution in [1.82, 2.24) is 13.7 Å². The van der Waals surface area contributed by atoms with Gasteiger partial charge in [0.1, 0.15) is 5.82 Å². The number of rotatable bonds is 5. The second kappa shape index (κ2) is 6.56. The van der Waals surface area contributed by atoms with Crippen LogP contribution in [-0.2, 0) is 10.0 Å². The van der Waals surface area contributed by atoms with E-state index in [-0.39, 0.29) is 18.0 Å². The van der Waals surface area contributed by atoms with Gasteiger partial charge in [0.2, 0.25) is 15.2 Å². The van der Waals surface area contributed by atoms with Crippen molar-refractivity contribution in [1.29, 1.82) is 0 Å². The van der Waals surface area contributed by atoms with E-state index in [0.717, 1.165) is 23.8 Å². The topological polar surface area (TPSA) is 110 Å². The highest BCUT2D eigenvalue weighted by atomic mass is 32.2. The summed E-state index contributed by atoms with van der Waals surface area (Å²) < 4.78 is 31.4. The molecule has 1 saturated heterocycles. The number of anilines is 1. The van der Waals surface area contributed by atoms with Crippen LogP contribution in [0.1, 0.15) is 24.6 Å². The average Bonchev–Trinajstić information content (AvgIpc) is 3.39. The minimum atomic E-state index is -3.91. The molecule has 0 amide bonds. The van der Waals surface area contributed by atoms with Crippen molar-refractivity contribution in [2.45, 2.75) is 23.7 Å². The average molecular weight is 395 g/mol. The number of hydrogen-bond donors (Lipinski definition) is 0. The summed E-state index contributed by atoms with van der Waals surface area (Å²) >= 11 is 1.34. The molecule has 1 aliphatic carbocycles. The second-order valence-electron chi connectivity index (χ2n) is 6.33. The SMILES string of the molecule is O=[N+]([O-])c1ccccc1S(=O)(=O)N1CCN(c2nc(C3CC3)ns2)CC1. The Morgan fingerprint density at radius 1 is 1.15 bits per heavy atom. The molecule has 1 aromatic carbocycles.